The summed E-state index contributed by atoms with van der Waals surface area (Å²) in [5.74, 6) is -0.109. The van der Waals surface area contributed by atoms with Crippen molar-refractivity contribution in [2.24, 2.45) is 0 Å². The van der Waals surface area contributed by atoms with Crippen molar-refractivity contribution in [3.8, 4) is 0 Å². The maximum atomic E-state index is 10.1. The molecule has 2 saturated heterocycles. The Morgan fingerprint density at radius 1 is 1.71 bits per heavy atom. The highest BCUT2D eigenvalue weighted by molar-refractivity contribution is 7.39. The zero-order chi connectivity index (χ0) is 4.85. The molecule has 2 rings (SSSR count). The van der Waals surface area contributed by atoms with Crippen LogP contribution in [-0.2, 0) is 9.31 Å². The topological polar surface area (TPSA) is 42.1 Å². The van der Waals surface area contributed by atoms with Gasteiger partial charge in [0.25, 0.3) is 5.87 Å². The van der Waals surface area contributed by atoms with E-state index < -0.39 is 0 Å². The first-order valence-electron chi connectivity index (χ1n) is 2.20. The molecule has 2 aliphatic heterocycles. The molecular weight excluding hydrogens is 93.6 g/mol. The predicted octanol–water partition coefficient (Wildman–Crippen LogP) is -0.651. The molecule has 2 aliphatic rings. The van der Waals surface area contributed by atoms with Crippen LogP contribution < -0.4 is 0 Å². The summed E-state index contributed by atoms with van der Waals surface area (Å²) in [4.78, 5) is 10.1. The highest BCUT2D eigenvalue weighted by Crippen LogP contribution is 2.20. The second-order valence-corrected chi connectivity index (χ2v) is 1.73. The number of hydrogen-bond acceptors (Lipinski definition) is 3. The highest BCUT2D eigenvalue weighted by atomic mass is 16.6. The van der Waals surface area contributed by atoms with Gasteiger partial charge in [0.2, 0.25) is 0 Å². The molecule has 0 spiro atoms. The molecule has 0 amide bonds. The minimum atomic E-state index is -0.181. The average Bonchev–Trinajstić information content (AvgIpc) is 2.23. The van der Waals surface area contributed by atoms with E-state index in [1.165, 1.54) is 0 Å². The fraction of sp³-hybridized carbons (Fsp3) is 0.500. The van der Waals surface area contributed by atoms with Gasteiger partial charge in [0.1, 0.15) is 0 Å². The molecule has 0 aliphatic carbocycles. The minimum absolute atomic E-state index is 0.109. The molecule has 0 bridgehead atoms. The first-order valence-corrected chi connectivity index (χ1v) is 2.20. The molecule has 0 aromatic rings. The maximum Gasteiger partial charge on any atom is 0.479 e. The van der Waals surface area contributed by atoms with Gasteiger partial charge in [-0.1, -0.05) is 0 Å². The summed E-state index contributed by atoms with van der Waals surface area (Å²) >= 11 is 0. The second-order valence-electron chi connectivity index (χ2n) is 1.73. The summed E-state index contributed by atoms with van der Waals surface area (Å²) in [5, 5.41) is 0. The van der Waals surface area contributed by atoms with Gasteiger partial charge in [0.15, 0.2) is 0 Å². The van der Waals surface area contributed by atoms with Gasteiger partial charge in [-0.25, -0.2) is 0 Å². The maximum absolute atomic E-state index is 10.1. The summed E-state index contributed by atoms with van der Waals surface area (Å²) < 4.78 is 9.23. The summed E-state index contributed by atoms with van der Waals surface area (Å²) in [6.45, 7) is 0.642. The molecular formula is C2H2B2O3. The molecule has 7 heavy (non-hydrogen) atoms. The molecule has 0 N–H and O–H groups in total. The fourth-order valence-corrected chi connectivity index (χ4v) is 0.549. The molecule has 2 fully saturated rings. The number of carbonyl (C=O) groups is 1. The van der Waals surface area contributed by atoms with Crippen LogP contribution >= 0.6 is 0 Å². The lowest BCUT2D eigenvalue weighted by Crippen LogP contribution is -2.08. The molecule has 0 aromatic heterocycles. The standard InChI is InChI=1S/C2H2B2O3/c5-2-4(7-2)3-1-6-3/h1H2. The number of rotatable bonds is 1. The van der Waals surface area contributed by atoms with E-state index in [4.69, 9.17) is 4.65 Å². The Kier molecular flexibility index (Phi) is 0.438. The summed E-state index contributed by atoms with van der Waals surface area (Å²) in [5.41, 5.74) is 0. The molecule has 0 aromatic carbocycles. The smallest absolute Gasteiger partial charge is 0.479 e. The van der Waals surface area contributed by atoms with Gasteiger partial charge in [0, 0.05) is 6.51 Å². The second kappa shape index (κ2) is 0.865. The number of hydrogen-bond donors (Lipinski definition) is 0. The SMILES string of the molecule is O=C1OB1B1CO1. The van der Waals surface area contributed by atoms with Crippen molar-refractivity contribution in [2.75, 3.05) is 6.51 Å². The van der Waals surface area contributed by atoms with Crippen molar-refractivity contribution in [2.45, 2.75) is 0 Å². The van der Waals surface area contributed by atoms with Gasteiger partial charge in [0.05, 0.1) is 0 Å². The van der Waals surface area contributed by atoms with Gasteiger partial charge in [-0.15, -0.1) is 0 Å². The van der Waals surface area contributed by atoms with Crippen LogP contribution in [0.2, 0.25) is 0 Å². The normalized spacial score (nSPS) is 24.9. The molecule has 5 heteroatoms. The lowest BCUT2D eigenvalue weighted by atomic mass is 9.37. The molecule has 0 atom stereocenters. The van der Waals surface area contributed by atoms with Crippen molar-refractivity contribution in [3.05, 3.63) is 0 Å². The Balaban J connectivity index is 1.99. The highest BCUT2D eigenvalue weighted by Gasteiger charge is 2.61. The van der Waals surface area contributed by atoms with Gasteiger partial charge in [-0.2, -0.15) is 0 Å². The van der Waals surface area contributed by atoms with E-state index in [0.717, 1.165) is 0 Å². The van der Waals surface area contributed by atoms with Crippen LogP contribution in [0.5, 0.6) is 0 Å². The van der Waals surface area contributed by atoms with E-state index in [2.05, 4.69) is 4.65 Å². The average molecular weight is 95.7 g/mol. The Morgan fingerprint density at radius 2 is 2.29 bits per heavy atom. The summed E-state index contributed by atoms with van der Waals surface area (Å²) in [6.07, 6.45) is 0. The Hall–Kier alpha value is -0.440. The Bertz CT molecular complexity index is 120. The van der Waals surface area contributed by atoms with E-state index in [0.29, 0.717) is 6.51 Å². The fourth-order valence-electron chi connectivity index (χ4n) is 0.549. The number of carbonyl (C=O) groups excluding carboxylic acids is 1. The zero-order valence-corrected chi connectivity index (χ0v) is 3.59. The summed E-state index contributed by atoms with van der Waals surface area (Å²) in [7, 11) is 0. The van der Waals surface area contributed by atoms with Gasteiger partial charge in [-0.05, 0) is 0 Å². The van der Waals surface area contributed by atoms with Crippen LogP contribution in [-0.4, -0.2) is 26.0 Å². The minimum Gasteiger partial charge on any atom is -0.533 e. The van der Waals surface area contributed by atoms with Crippen LogP contribution in [0.25, 0.3) is 0 Å². The molecule has 2 heterocycles. The van der Waals surface area contributed by atoms with E-state index in [9.17, 15) is 4.79 Å². The van der Waals surface area contributed by atoms with Gasteiger partial charge < -0.3 is 9.31 Å². The molecule has 0 saturated carbocycles. The lowest BCUT2D eigenvalue weighted by molar-refractivity contribution is 0.249. The Morgan fingerprint density at radius 3 is 2.43 bits per heavy atom. The van der Waals surface area contributed by atoms with Crippen molar-refractivity contribution in [3.63, 3.8) is 0 Å². The van der Waals surface area contributed by atoms with Crippen LogP contribution in [0.4, 0.5) is 4.79 Å². The Labute approximate surface area is 41.2 Å². The van der Waals surface area contributed by atoms with Crippen LogP contribution in [0.15, 0.2) is 0 Å². The van der Waals surface area contributed by atoms with Crippen molar-refractivity contribution >= 4 is 19.5 Å². The van der Waals surface area contributed by atoms with Crippen molar-refractivity contribution in [1.29, 1.82) is 0 Å². The van der Waals surface area contributed by atoms with E-state index in [1.807, 2.05) is 0 Å². The summed E-state index contributed by atoms with van der Waals surface area (Å²) in [6, 6.07) is 0. The largest absolute Gasteiger partial charge is 0.533 e. The van der Waals surface area contributed by atoms with E-state index in [1.54, 1.807) is 0 Å². The zero-order valence-electron chi connectivity index (χ0n) is 3.59. The van der Waals surface area contributed by atoms with Crippen LogP contribution in [0.3, 0.4) is 0 Å². The molecule has 34 valence electrons. The van der Waals surface area contributed by atoms with Crippen molar-refractivity contribution in [1.82, 2.24) is 0 Å². The molecule has 0 radical (unpaired) electrons. The van der Waals surface area contributed by atoms with Crippen LogP contribution in [0.1, 0.15) is 0 Å². The molecule has 0 unspecified atom stereocenters. The first kappa shape index (κ1) is 3.55. The van der Waals surface area contributed by atoms with Gasteiger partial charge in [-0.3, -0.25) is 4.79 Å². The predicted molar refractivity (Wildman–Crippen MR) is 23.9 cm³/mol. The quantitative estimate of drug-likeness (QED) is 0.321. The van der Waals surface area contributed by atoms with E-state index in [-0.39, 0.29) is 19.5 Å². The van der Waals surface area contributed by atoms with Crippen molar-refractivity contribution < 1.29 is 14.1 Å². The van der Waals surface area contributed by atoms with E-state index >= 15 is 0 Å². The third-order valence-corrected chi connectivity index (χ3v) is 1.11. The van der Waals surface area contributed by atoms with Gasteiger partial charge >= 0.3 is 13.6 Å². The van der Waals surface area contributed by atoms with Crippen LogP contribution in [0, 0.1) is 0 Å². The lowest BCUT2D eigenvalue weighted by Gasteiger charge is -1.54. The third kappa shape index (κ3) is 0.447. The monoisotopic (exact) mass is 96.0 g/mol. The molecule has 3 nitrogen and oxygen atoms in total. The first-order chi connectivity index (χ1) is 3.38. The third-order valence-electron chi connectivity index (χ3n) is 1.11.